The second-order valence-electron chi connectivity index (χ2n) is 4.13. The number of carboxylic acid groups (broad SMARTS) is 1. The molecule has 104 valence electrons. The molecule has 1 aliphatic rings. The summed E-state index contributed by atoms with van der Waals surface area (Å²) in [6.07, 6.45) is 0. The number of carboxylic acids is 1. The topological polar surface area (TPSA) is 121 Å². The summed E-state index contributed by atoms with van der Waals surface area (Å²) in [7, 11) is -3.69. The van der Waals surface area contributed by atoms with E-state index in [9.17, 15) is 18.0 Å². The Bertz CT molecular complexity index is 427. The molecule has 0 saturated carbocycles. The van der Waals surface area contributed by atoms with Crippen molar-refractivity contribution in [2.75, 3.05) is 31.9 Å². The molecule has 0 aromatic carbocycles. The zero-order valence-corrected chi connectivity index (χ0v) is 10.9. The summed E-state index contributed by atoms with van der Waals surface area (Å²) in [5.41, 5.74) is 5.21. The number of carbonyl (C=O) groups is 2. The normalized spacial score (nSPS) is 19.6. The average Bonchev–Trinajstić information content (AvgIpc) is 2.28. The molecule has 1 fully saturated rings. The highest BCUT2D eigenvalue weighted by Crippen LogP contribution is 2.09. The number of aliphatic carboxylic acids is 1. The van der Waals surface area contributed by atoms with Crippen LogP contribution in [0.1, 0.15) is 6.92 Å². The fourth-order valence-corrected chi connectivity index (χ4v) is 3.21. The molecule has 1 saturated heterocycles. The molecule has 0 spiro atoms. The zero-order chi connectivity index (χ0) is 13.9. The maximum Gasteiger partial charge on any atom is 0.321 e. The smallest absolute Gasteiger partial charge is 0.321 e. The molecule has 9 heteroatoms. The quantitative estimate of drug-likeness (QED) is 0.607. The van der Waals surface area contributed by atoms with Crippen LogP contribution in [0.2, 0.25) is 0 Å². The Balaban J connectivity index is 2.61. The van der Waals surface area contributed by atoms with E-state index < -0.39 is 27.8 Å². The van der Waals surface area contributed by atoms with Gasteiger partial charge in [-0.15, -0.1) is 0 Å². The van der Waals surface area contributed by atoms with E-state index in [0.29, 0.717) is 13.1 Å². The van der Waals surface area contributed by atoms with E-state index in [1.165, 1.54) is 11.2 Å². The van der Waals surface area contributed by atoms with Crippen LogP contribution in [0.4, 0.5) is 0 Å². The van der Waals surface area contributed by atoms with Gasteiger partial charge in [0.05, 0.1) is 5.75 Å². The summed E-state index contributed by atoms with van der Waals surface area (Å²) in [6.45, 7) is 2.40. The second kappa shape index (κ2) is 5.63. The van der Waals surface area contributed by atoms with Crippen molar-refractivity contribution in [3.63, 3.8) is 0 Å². The van der Waals surface area contributed by atoms with Crippen molar-refractivity contribution in [3.05, 3.63) is 0 Å². The molecule has 0 aliphatic carbocycles. The number of amides is 1. The predicted molar refractivity (Wildman–Crippen MR) is 63.2 cm³/mol. The number of sulfonamides is 1. The van der Waals surface area contributed by atoms with Gasteiger partial charge >= 0.3 is 5.97 Å². The first kappa shape index (κ1) is 14.9. The summed E-state index contributed by atoms with van der Waals surface area (Å²) >= 11 is 0. The molecule has 1 rings (SSSR count). The summed E-state index contributed by atoms with van der Waals surface area (Å²) < 4.78 is 24.9. The Morgan fingerprint density at radius 3 is 2.17 bits per heavy atom. The Morgan fingerprint density at radius 2 is 1.78 bits per heavy atom. The van der Waals surface area contributed by atoms with E-state index in [2.05, 4.69) is 0 Å². The predicted octanol–water partition coefficient (Wildman–Crippen LogP) is -2.11. The molecule has 0 aromatic heterocycles. The Hall–Kier alpha value is -1.19. The first-order valence-corrected chi connectivity index (χ1v) is 7.06. The Kier molecular flexibility index (Phi) is 4.65. The van der Waals surface area contributed by atoms with Crippen LogP contribution in [0, 0.1) is 0 Å². The van der Waals surface area contributed by atoms with Gasteiger partial charge in [0.1, 0.15) is 6.04 Å². The van der Waals surface area contributed by atoms with Gasteiger partial charge in [0, 0.05) is 33.1 Å². The van der Waals surface area contributed by atoms with E-state index in [1.807, 2.05) is 0 Å². The van der Waals surface area contributed by atoms with Gasteiger partial charge in [-0.25, -0.2) is 8.42 Å². The first-order valence-electron chi connectivity index (χ1n) is 5.46. The highest BCUT2D eigenvalue weighted by Gasteiger charge is 2.30. The summed E-state index contributed by atoms with van der Waals surface area (Å²) in [6, 6.07) is -1.43. The fraction of sp³-hybridized carbons (Fsp3) is 0.778. The SMILES string of the molecule is CC(=O)N1CCN(S(=O)(=O)C[C@H](N)C(=O)O)CC1. The van der Waals surface area contributed by atoms with Gasteiger partial charge in [-0.05, 0) is 0 Å². The van der Waals surface area contributed by atoms with Crippen molar-refractivity contribution in [2.24, 2.45) is 5.73 Å². The van der Waals surface area contributed by atoms with Crippen LogP contribution in [0.15, 0.2) is 0 Å². The largest absolute Gasteiger partial charge is 0.480 e. The van der Waals surface area contributed by atoms with Crippen LogP contribution >= 0.6 is 0 Å². The number of carbonyl (C=O) groups excluding carboxylic acids is 1. The van der Waals surface area contributed by atoms with Gasteiger partial charge in [-0.3, -0.25) is 9.59 Å². The molecule has 1 heterocycles. The third kappa shape index (κ3) is 3.65. The van der Waals surface area contributed by atoms with E-state index in [0.717, 1.165) is 0 Å². The van der Waals surface area contributed by atoms with E-state index in [4.69, 9.17) is 10.8 Å². The van der Waals surface area contributed by atoms with Gasteiger partial charge in [-0.2, -0.15) is 4.31 Å². The number of hydrogen-bond acceptors (Lipinski definition) is 5. The highest BCUT2D eigenvalue weighted by molar-refractivity contribution is 7.89. The highest BCUT2D eigenvalue weighted by atomic mass is 32.2. The van der Waals surface area contributed by atoms with Crippen molar-refractivity contribution < 1.29 is 23.1 Å². The molecular weight excluding hydrogens is 262 g/mol. The summed E-state index contributed by atoms with van der Waals surface area (Å²) in [5.74, 6) is -2.07. The maximum absolute atomic E-state index is 11.9. The number of piperazine rings is 1. The van der Waals surface area contributed by atoms with Crippen LogP contribution in [0.25, 0.3) is 0 Å². The van der Waals surface area contributed by atoms with Gasteiger partial charge in [-0.1, -0.05) is 0 Å². The second-order valence-corrected chi connectivity index (χ2v) is 6.14. The number of hydrogen-bond donors (Lipinski definition) is 2. The number of rotatable bonds is 4. The van der Waals surface area contributed by atoms with Crippen molar-refractivity contribution in [1.29, 1.82) is 0 Å². The van der Waals surface area contributed by atoms with Crippen molar-refractivity contribution in [2.45, 2.75) is 13.0 Å². The van der Waals surface area contributed by atoms with Crippen LogP contribution < -0.4 is 5.73 Å². The number of nitrogens with two attached hydrogens (primary N) is 1. The Morgan fingerprint density at radius 1 is 1.28 bits per heavy atom. The maximum atomic E-state index is 11.9. The standard InChI is InChI=1S/C9H17N3O5S/c1-7(13)11-2-4-12(5-3-11)18(16,17)6-8(10)9(14)15/h8H,2-6,10H2,1H3,(H,14,15)/t8-/m0/s1. The lowest BCUT2D eigenvalue weighted by Gasteiger charge is -2.33. The third-order valence-electron chi connectivity index (χ3n) is 2.78. The van der Waals surface area contributed by atoms with Gasteiger partial charge in [0.25, 0.3) is 0 Å². The van der Waals surface area contributed by atoms with Crippen molar-refractivity contribution in [1.82, 2.24) is 9.21 Å². The minimum absolute atomic E-state index is 0.103. The molecule has 1 aliphatic heterocycles. The van der Waals surface area contributed by atoms with Crippen LogP contribution in [0.3, 0.4) is 0 Å². The average molecular weight is 279 g/mol. The molecule has 1 amide bonds. The van der Waals surface area contributed by atoms with Crippen LogP contribution in [-0.2, 0) is 19.6 Å². The molecule has 18 heavy (non-hydrogen) atoms. The zero-order valence-electron chi connectivity index (χ0n) is 10.1. The van der Waals surface area contributed by atoms with Gasteiger partial charge < -0.3 is 15.7 Å². The molecule has 1 atom stereocenters. The van der Waals surface area contributed by atoms with Gasteiger partial charge in [0.2, 0.25) is 15.9 Å². The molecule has 0 radical (unpaired) electrons. The first-order chi connectivity index (χ1) is 8.24. The van der Waals surface area contributed by atoms with Crippen LogP contribution in [-0.4, -0.2) is 72.6 Å². The lowest BCUT2D eigenvalue weighted by Crippen LogP contribution is -2.52. The minimum Gasteiger partial charge on any atom is -0.480 e. The lowest BCUT2D eigenvalue weighted by atomic mass is 10.3. The molecule has 0 bridgehead atoms. The fourth-order valence-electron chi connectivity index (χ4n) is 1.68. The molecule has 0 unspecified atom stereocenters. The van der Waals surface area contributed by atoms with Crippen molar-refractivity contribution >= 4 is 21.9 Å². The van der Waals surface area contributed by atoms with Crippen molar-refractivity contribution in [3.8, 4) is 0 Å². The summed E-state index contributed by atoms with van der Waals surface area (Å²) in [4.78, 5) is 23.2. The van der Waals surface area contributed by atoms with Gasteiger partial charge in [0.15, 0.2) is 0 Å². The number of nitrogens with zero attached hydrogens (tertiary/aromatic N) is 2. The summed E-state index contributed by atoms with van der Waals surface area (Å²) in [5, 5.41) is 8.60. The van der Waals surface area contributed by atoms with E-state index >= 15 is 0 Å². The monoisotopic (exact) mass is 279 g/mol. The van der Waals surface area contributed by atoms with E-state index in [-0.39, 0.29) is 19.0 Å². The molecule has 3 N–H and O–H groups in total. The third-order valence-corrected chi connectivity index (χ3v) is 4.72. The lowest BCUT2D eigenvalue weighted by molar-refractivity contribution is -0.138. The van der Waals surface area contributed by atoms with Crippen LogP contribution in [0.5, 0.6) is 0 Å². The van der Waals surface area contributed by atoms with E-state index in [1.54, 1.807) is 4.90 Å². The molecule has 8 nitrogen and oxygen atoms in total. The molecular formula is C9H17N3O5S. The Labute approximate surface area is 105 Å². The minimum atomic E-state index is -3.69. The molecule has 0 aromatic rings.